The Hall–Kier alpha value is -0.610. The fourth-order valence-electron chi connectivity index (χ4n) is 1.19. The molecule has 4 heteroatoms. The van der Waals surface area contributed by atoms with E-state index in [0.29, 0.717) is 6.61 Å². The van der Waals surface area contributed by atoms with Crippen LogP contribution in [0, 0.1) is 0 Å². The zero-order chi connectivity index (χ0) is 11.7. The molecule has 0 spiro atoms. The number of hydrogen-bond donors (Lipinski definition) is 2. The van der Waals surface area contributed by atoms with Crippen molar-refractivity contribution in [3.05, 3.63) is 0 Å². The molecule has 2 atom stereocenters. The second kappa shape index (κ2) is 8.68. The summed E-state index contributed by atoms with van der Waals surface area (Å²) in [5.41, 5.74) is 0. The maximum atomic E-state index is 10.8. The van der Waals surface area contributed by atoms with E-state index in [-0.39, 0.29) is 6.10 Å². The molecule has 0 fully saturated rings. The van der Waals surface area contributed by atoms with Crippen LogP contribution in [0.25, 0.3) is 0 Å². The fraction of sp³-hybridized carbons (Fsp3) is 0.909. The first-order chi connectivity index (χ1) is 7.04. The predicted octanol–water partition coefficient (Wildman–Crippen LogP) is 1.24. The van der Waals surface area contributed by atoms with Crippen molar-refractivity contribution in [2.24, 2.45) is 0 Å². The van der Waals surface area contributed by atoms with Crippen molar-refractivity contribution in [2.75, 3.05) is 6.61 Å². The van der Waals surface area contributed by atoms with Gasteiger partial charge in [-0.05, 0) is 26.7 Å². The fourth-order valence-corrected chi connectivity index (χ4v) is 1.19. The van der Waals surface area contributed by atoms with Crippen LogP contribution in [-0.4, -0.2) is 35.0 Å². The maximum absolute atomic E-state index is 10.8. The Morgan fingerprint density at radius 2 is 1.73 bits per heavy atom. The van der Waals surface area contributed by atoms with Gasteiger partial charge in [-0.3, -0.25) is 0 Å². The van der Waals surface area contributed by atoms with Gasteiger partial charge in [-0.2, -0.15) is 0 Å². The third kappa shape index (κ3) is 9.69. The summed E-state index contributed by atoms with van der Waals surface area (Å²) in [6.45, 7) is 3.55. The average molecular weight is 218 g/mol. The van der Waals surface area contributed by atoms with Crippen LogP contribution >= 0.6 is 0 Å². The minimum atomic E-state index is -1.03. The first-order valence-corrected chi connectivity index (χ1v) is 5.56. The van der Waals surface area contributed by atoms with E-state index in [9.17, 15) is 4.79 Å². The Kier molecular flexibility index (Phi) is 8.33. The number of aliphatic hydroxyl groups excluding tert-OH is 2. The number of esters is 1. The van der Waals surface area contributed by atoms with Gasteiger partial charge in [0.15, 0.2) is 0 Å². The number of carbonyl (C=O) groups is 1. The third-order valence-electron chi connectivity index (χ3n) is 2.10. The van der Waals surface area contributed by atoms with Crippen LogP contribution in [0.15, 0.2) is 0 Å². The highest BCUT2D eigenvalue weighted by atomic mass is 16.5. The molecule has 0 aromatic heterocycles. The predicted molar refractivity (Wildman–Crippen MR) is 57.4 cm³/mol. The van der Waals surface area contributed by atoms with Gasteiger partial charge in [0.05, 0.1) is 12.7 Å². The number of hydrogen-bond acceptors (Lipinski definition) is 4. The summed E-state index contributed by atoms with van der Waals surface area (Å²) >= 11 is 0. The third-order valence-corrected chi connectivity index (χ3v) is 2.10. The molecule has 0 rings (SSSR count). The van der Waals surface area contributed by atoms with Crippen LogP contribution in [-0.2, 0) is 9.53 Å². The Morgan fingerprint density at radius 3 is 2.27 bits per heavy atom. The monoisotopic (exact) mass is 218 g/mol. The first kappa shape index (κ1) is 14.4. The SMILES string of the molecule is CC(O)CCCCCCOC(=O)C(C)O. The van der Waals surface area contributed by atoms with Gasteiger partial charge < -0.3 is 14.9 Å². The van der Waals surface area contributed by atoms with E-state index < -0.39 is 12.1 Å². The summed E-state index contributed by atoms with van der Waals surface area (Å²) in [5, 5.41) is 17.8. The number of rotatable bonds is 8. The molecule has 0 aliphatic heterocycles. The zero-order valence-corrected chi connectivity index (χ0v) is 9.61. The minimum absolute atomic E-state index is 0.224. The van der Waals surface area contributed by atoms with Crippen molar-refractivity contribution in [2.45, 2.75) is 58.2 Å². The number of ether oxygens (including phenoxy) is 1. The lowest BCUT2D eigenvalue weighted by atomic mass is 10.1. The van der Waals surface area contributed by atoms with E-state index >= 15 is 0 Å². The van der Waals surface area contributed by atoms with Crippen molar-refractivity contribution < 1.29 is 19.7 Å². The first-order valence-electron chi connectivity index (χ1n) is 5.56. The second-order valence-electron chi connectivity index (χ2n) is 3.90. The van der Waals surface area contributed by atoms with Gasteiger partial charge in [0.25, 0.3) is 0 Å². The summed E-state index contributed by atoms with van der Waals surface area (Å²) < 4.78 is 4.79. The highest BCUT2D eigenvalue weighted by Crippen LogP contribution is 2.05. The molecule has 0 aromatic carbocycles. The Bertz CT molecular complexity index is 166. The maximum Gasteiger partial charge on any atom is 0.334 e. The number of carbonyl (C=O) groups excluding carboxylic acids is 1. The summed E-state index contributed by atoms with van der Waals surface area (Å²) in [7, 11) is 0. The lowest BCUT2D eigenvalue weighted by Gasteiger charge is -2.06. The second-order valence-corrected chi connectivity index (χ2v) is 3.90. The molecule has 0 saturated heterocycles. The van der Waals surface area contributed by atoms with Crippen LogP contribution < -0.4 is 0 Å². The van der Waals surface area contributed by atoms with E-state index in [4.69, 9.17) is 14.9 Å². The van der Waals surface area contributed by atoms with E-state index in [1.54, 1.807) is 6.92 Å². The molecule has 90 valence electrons. The number of unbranched alkanes of at least 4 members (excludes halogenated alkanes) is 3. The molecular weight excluding hydrogens is 196 g/mol. The Balaban J connectivity index is 3.15. The minimum Gasteiger partial charge on any atom is -0.464 e. The molecule has 2 unspecified atom stereocenters. The standard InChI is InChI=1S/C11H22O4/c1-9(12)7-5-3-4-6-8-15-11(14)10(2)13/h9-10,12-13H,3-8H2,1-2H3. The lowest BCUT2D eigenvalue weighted by molar-refractivity contribution is -0.152. The van der Waals surface area contributed by atoms with Crippen LogP contribution in [0.1, 0.15) is 46.0 Å². The molecule has 0 heterocycles. The average Bonchev–Trinajstić information content (AvgIpc) is 2.15. The summed E-state index contributed by atoms with van der Waals surface area (Å²) in [5.74, 6) is -0.556. The van der Waals surface area contributed by atoms with Crippen molar-refractivity contribution in [1.29, 1.82) is 0 Å². The molecule has 0 aliphatic carbocycles. The van der Waals surface area contributed by atoms with Crippen LogP contribution in [0.4, 0.5) is 0 Å². The molecule has 0 radical (unpaired) electrons. The van der Waals surface area contributed by atoms with Gasteiger partial charge in [0, 0.05) is 0 Å². The van der Waals surface area contributed by atoms with Gasteiger partial charge >= 0.3 is 5.97 Å². The Morgan fingerprint density at radius 1 is 1.13 bits per heavy atom. The summed E-state index contributed by atoms with van der Waals surface area (Å²) in [4.78, 5) is 10.8. The van der Waals surface area contributed by atoms with Crippen LogP contribution in [0.3, 0.4) is 0 Å². The van der Waals surface area contributed by atoms with Gasteiger partial charge in [0.1, 0.15) is 6.10 Å². The normalized spacial score (nSPS) is 14.7. The smallest absolute Gasteiger partial charge is 0.334 e. The molecule has 0 bridgehead atoms. The summed E-state index contributed by atoms with van der Waals surface area (Å²) in [6, 6.07) is 0. The molecule has 0 aromatic rings. The molecule has 2 N–H and O–H groups in total. The van der Waals surface area contributed by atoms with Gasteiger partial charge in [-0.1, -0.05) is 19.3 Å². The van der Waals surface area contributed by atoms with Crippen molar-refractivity contribution >= 4 is 5.97 Å². The van der Waals surface area contributed by atoms with Gasteiger partial charge in [-0.15, -0.1) is 0 Å². The summed E-state index contributed by atoms with van der Waals surface area (Å²) in [6.07, 6.45) is 3.42. The zero-order valence-electron chi connectivity index (χ0n) is 9.61. The van der Waals surface area contributed by atoms with Crippen LogP contribution in [0.2, 0.25) is 0 Å². The van der Waals surface area contributed by atoms with Gasteiger partial charge in [0.2, 0.25) is 0 Å². The largest absolute Gasteiger partial charge is 0.464 e. The van der Waals surface area contributed by atoms with Gasteiger partial charge in [-0.25, -0.2) is 4.79 Å². The highest BCUT2D eigenvalue weighted by molar-refractivity contribution is 5.73. The van der Waals surface area contributed by atoms with Crippen LogP contribution in [0.5, 0.6) is 0 Å². The van der Waals surface area contributed by atoms with E-state index in [2.05, 4.69) is 0 Å². The molecule has 0 saturated carbocycles. The lowest BCUT2D eigenvalue weighted by Crippen LogP contribution is -2.19. The highest BCUT2D eigenvalue weighted by Gasteiger charge is 2.08. The number of aliphatic hydroxyl groups is 2. The van der Waals surface area contributed by atoms with E-state index in [1.165, 1.54) is 6.92 Å². The van der Waals surface area contributed by atoms with E-state index in [0.717, 1.165) is 32.1 Å². The van der Waals surface area contributed by atoms with Crippen molar-refractivity contribution in [3.63, 3.8) is 0 Å². The quantitative estimate of drug-likeness (QED) is 0.475. The van der Waals surface area contributed by atoms with E-state index in [1.807, 2.05) is 0 Å². The Labute approximate surface area is 91.3 Å². The van der Waals surface area contributed by atoms with Crippen molar-refractivity contribution in [3.8, 4) is 0 Å². The topological polar surface area (TPSA) is 66.8 Å². The van der Waals surface area contributed by atoms with Crippen molar-refractivity contribution in [1.82, 2.24) is 0 Å². The molecule has 0 amide bonds. The molecular formula is C11H22O4. The molecule has 15 heavy (non-hydrogen) atoms. The molecule has 4 nitrogen and oxygen atoms in total. The molecule has 0 aliphatic rings.